The van der Waals surface area contributed by atoms with Gasteiger partial charge in [-0.1, -0.05) is 17.7 Å². The summed E-state index contributed by atoms with van der Waals surface area (Å²) in [5, 5.41) is 0.406. The number of aryl methyl sites for hydroxylation is 1. The van der Waals surface area contributed by atoms with Gasteiger partial charge in [0.15, 0.2) is 0 Å². The Morgan fingerprint density at radius 3 is 2.76 bits per heavy atom. The molecule has 88 valence electrons. The number of para-hydroxylation sites is 1. The summed E-state index contributed by atoms with van der Waals surface area (Å²) in [4.78, 5) is 12.9. The Balaban J connectivity index is 2.47. The average Bonchev–Trinajstić information content (AvgIpc) is 2.62. The zero-order valence-electron chi connectivity index (χ0n) is 8.96. The van der Waals surface area contributed by atoms with E-state index in [1.54, 1.807) is 18.2 Å². The molecule has 0 spiro atoms. The molecule has 0 atom stereocenters. The molecule has 0 saturated carbocycles. The summed E-state index contributed by atoms with van der Waals surface area (Å²) in [7, 11) is 0. The number of hydrogen-bond acceptors (Lipinski definition) is 3. The Kier molecular flexibility index (Phi) is 3.56. The van der Waals surface area contributed by atoms with Crippen LogP contribution in [-0.4, -0.2) is 5.78 Å². The number of thiophene rings is 1. The first-order valence-electron chi connectivity index (χ1n) is 4.85. The normalized spacial score (nSPS) is 10.5. The molecule has 0 amide bonds. The molecule has 0 aliphatic carbocycles. The van der Waals surface area contributed by atoms with Crippen molar-refractivity contribution in [1.82, 2.24) is 0 Å². The molecule has 5 heteroatoms. The number of benzene rings is 1. The fourth-order valence-electron chi connectivity index (χ4n) is 1.44. The van der Waals surface area contributed by atoms with Gasteiger partial charge in [-0.15, -0.1) is 11.3 Å². The maximum atomic E-state index is 12.2. The van der Waals surface area contributed by atoms with Crippen LogP contribution in [0.3, 0.4) is 0 Å². The van der Waals surface area contributed by atoms with Crippen molar-refractivity contribution in [1.29, 1.82) is 0 Å². The van der Waals surface area contributed by atoms with E-state index in [0.29, 0.717) is 21.2 Å². The van der Waals surface area contributed by atoms with Crippen LogP contribution in [0.5, 0.6) is 0 Å². The number of nitrogen functional groups attached to an aromatic ring is 1. The van der Waals surface area contributed by atoms with Crippen LogP contribution < -0.4 is 5.73 Å². The summed E-state index contributed by atoms with van der Waals surface area (Å²) in [5.74, 6) is -0.0937. The summed E-state index contributed by atoms with van der Waals surface area (Å²) < 4.78 is 0.960. The summed E-state index contributed by atoms with van der Waals surface area (Å²) in [6, 6.07) is 6.93. The second kappa shape index (κ2) is 4.80. The van der Waals surface area contributed by atoms with Gasteiger partial charge in [0.05, 0.1) is 19.4 Å². The van der Waals surface area contributed by atoms with Gasteiger partial charge in [-0.25, -0.2) is 0 Å². The van der Waals surface area contributed by atoms with Crippen molar-refractivity contribution in [3.05, 3.63) is 49.1 Å². The second-order valence-corrected chi connectivity index (χ2v) is 6.37. The molecule has 1 aromatic heterocycles. The monoisotopic (exact) mass is 329 g/mol. The molecule has 1 heterocycles. The van der Waals surface area contributed by atoms with E-state index in [1.165, 1.54) is 11.3 Å². The number of hydrogen-bond donors (Lipinski definition) is 1. The molecule has 0 saturated heterocycles. The van der Waals surface area contributed by atoms with E-state index in [4.69, 9.17) is 17.3 Å². The first kappa shape index (κ1) is 12.6. The van der Waals surface area contributed by atoms with Crippen LogP contribution in [0.4, 0.5) is 5.69 Å². The molecule has 0 aliphatic heterocycles. The van der Waals surface area contributed by atoms with E-state index in [9.17, 15) is 4.79 Å². The van der Waals surface area contributed by atoms with E-state index in [0.717, 1.165) is 9.35 Å². The minimum Gasteiger partial charge on any atom is -0.397 e. The quantitative estimate of drug-likeness (QED) is 0.659. The van der Waals surface area contributed by atoms with Crippen LogP contribution in [0.1, 0.15) is 20.8 Å². The lowest BCUT2D eigenvalue weighted by Gasteiger charge is -2.04. The van der Waals surface area contributed by atoms with Crippen LogP contribution in [0.25, 0.3) is 0 Å². The van der Waals surface area contributed by atoms with Crippen molar-refractivity contribution in [2.45, 2.75) is 6.92 Å². The van der Waals surface area contributed by atoms with Crippen molar-refractivity contribution >= 4 is 50.3 Å². The van der Waals surface area contributed by atoms with Gasteiger partial charge in [-0.2, -0.15) is 0 Å². The molecular weight excluding hydrogens is 322 g/mol. The van der Waals surface area contributed by atoms with E-state index in [1.807, 2.05) is 13.0 Å². The molecule has 1 aromatic carbocycles. The Morgan fingerprint density at radius 1 is 1.47 bits per heavy atom. The lowest BCUT2D eigenvalue weighted by molar-refractivity contribution is 0.104. The lowest BCUT2D eigenvalue weighted by atomic mass is 10.1. The minimum atomic E-state index is -0.0937. The Hall–Kier alpha value is -0.840. The van der Waals surface area contributed by atoms with Gasteiger partial charge >= 0.3 is 0 Å². The smallest absolute Gasteiger partial charge is 0.205 e. The van der Waals surface area contributed by atoms with E-state index < -0.39 is 0 Å². The van der Waals surface area contributed by atoms with Crippen LogP contribution in [0, 0.1) is 6.92 Å². The second-order valence-electron chi connectivity index (χ2n) is 3.60. The highest BCUT2D eigenvalue weighted by Crippen LogP contribution is 2.31. The zero-order valence-corrected chi connectivity index (χ0v) is 12.1. The Labute approximate surface area is 117 Å². The SMILES string of the molecule is Cc1cc(C(=O)c2cccc(Cl)c2N)sc1Br. The Bertz CT molecular complexity index is 575. The number of carbonyl (C=O) groups is 1. The lowest BCUT2D eigenvalue weighted by Crippen LogP contribution is -2.03. The van der Waals surface area contributed by atoms with Crippen molar-refractivity contribution in [3.63, 3.8) is 0 Å². The topological polar surface area (TPSA) is 43.1 Å². The van der Waals surface area contributed by atoms with Crippen molar-refractivity contribution < 1.29 is 4.79 Å². The van der Waals surface area contributed by atoms with Crippen molar-refractivity contribution in [3.8, 4) is 0 Å². The van der Waals surface area contributed by atoms with Gasteiger partial charge in [-0.3, -0.25) is 4.79 Å². The average molecular weight is 331 g/mol. The summed E-state index contributed by atoms with van der Waals surface area (Å²) in [6.45, 7) is 1.94. The van der Waals surface area contributed by atoms with E-state index >= 15 is 0 Å². The molecule has 0 radical (unpaired) electrons. The molecule has 0 unspecified atom stereocenters. The summed E-state index contributed by atoms with van der Waals surface area (Å²) >= 11 is 10.7. The molecule has 2 aromatic rings. The molecule has 0 bridgehead atoms. The van der Waals surface area contributed by atoms with E-state index in [-0.39, 0.29) is 5.78 Å². The third-order valence-electron chi connectivity index (χ3n) is 2.38. The van der Waals surface area contributed by atoms with Crippen molar-refractivity contribution in [2.24, 2.45) is 0 Å². The van der Waals surface area contributed by atoms with E-state index in [2.05, 4.69) is 15.9 Å². The zero-order chi connectivity index (χ0) is 12.6. The van der Waals surface area contributed by atoms with Crippen LogP contribution in [0.2, 0.25) is 5.02 Å². The van der Waals surface area contributed by atoms with Gasteiger partial charge in [0.25, 0.3) is 0 Å². The van der Waals surface area contributed by atoms with Gasteiger partial charge < -0.3 is 5.73 Å². The number of carbonyl (C=O) groups excluding carboxylic acids is 1. The summed E-state index contributed by atoms with van der Waals surface area (Å²) in [6.07, 6.45) is 0. The molecule has 2 nitrogen and oxygen atoms in total. The first-order valence-corrected chi connectivity index (χ1v) is 6.84. The highest BCUT2D eigenvalue weighted by molar-refractivity contribution is 9.11. The van der Waals surface area contributed by atoms with Crippen molar-refractivity contribution in [2.75, 3.05) is 5.73 Å². The fourth-order valence-corrected chi connectivity index (χ4v) is 3.10. The highest BCUT2D eigenvalue weighted by Gasteiger charge is 2.16. The molecule has 2 rings (SSSR count). The Morgan fingerprint density at radius 2 is 2.18 bits per heavy atom. The van der Waals surface area contributed by atoms with Gasteiger partial charge in [-0.05, 0) is 46.6 Å². The third-order valence-corrected chi connectivity index (χ3v) is 4.84. The van der Waals surface area contributed by atoms with Gasteiger partial charge in [0, 0.05) is 5.56 Å². The fraction of sp³-hybridized carbons (Fsp3) is 0.0833. The largest absolute Gasteiger partial charge is 0.397 e. The first-order chi connectivity index (χ1) is 8.00. The standard InChI is InChI=1S/C12H9BrClNOS/c1-6-5-9(17-12(6)13)11(16)7-3-2-4-8(14)10(7)15/h2-5H,15H2,1H3. The molecule has 17 heavy (non-hydrogen) atoms. The molecule has 2 N–H and O–H groups in total. The highest BCUT2D eigenvalue weighted by atomic mass is 79.9. The number of halogens is 2. The van der Waals surface area contributed by atoms with Crippen LogP contribution in [-0.2, 0) is 0 Å². The summed E-state index contributed by atoms with van der Waals surface area (Å²) in [5.41, 5.74) is 7.63. The number of nitrogens with two attached hydrogens (primary N) is 1. The van der Waals surface area contributed by atoms with Gasteiger partial charge in [0.2, 0.25) is 5.78 Å². The predicted octanol–water partition coefficient (Wildman–Crippen LogP) is 4.29. The van der Waals surface area contributed by atoms with Crippen LogP contribution >= 0.6 is 38.9 Å². The number of ketones is 1. The van der Waals surface area contributed by atoms with Crippen LogP contribution in [0.15, 0.2) is 28.1 Å². The predicted molar refractivity (Wildman–Crippen MR) is 76.1 cm³/mol. The maximum Gasteiger partial charge on any atom is 0.205 e. The van der Waals surface area contributed by atoms with Gasteiger partial charge in [0.1, 0.15) is 0 Å². The number of anilines is 1. The minimum absolute atomic E-state index is 0.0937. The third kappa shape index (κ3) is 2.39. The molecule has 0 fully saturated rings. The maximum absolute atomic E-state index is 12.2. The number of rotatable bonds is 2. The molecular formula is C12H9BrClNOS. The molecule has 0 aliphatic rings.